The zero-order valence-corrected chi connectivity index (χ0v) is 14.6. The largest absolute Gasteiger partial charge is 0.508 e. The van der Waals surface area contributed by atoms with E-state index in [1.165, 1.54) is 23.5 Å². The van der Waals surface area contributed by atoms with E-state index in [4.69, 9.17) is 0 Å². The minimum absolute atomic E-state index is 0.160. The molecule has 0 saturated carbocycles. The monoisotopic (exact) mass is 363 g/mol. The summed E-state index contributed by atoms with van der Waals surface area (Å²) in [5.41, 5.74) is 4.82. The fourth-order valence-electron chi connectivity index (χ4n) is 3.50. The van der Waals surface area contributed by atoms with E-state index in [9.17, 15) is 19.9 Å². The zero-order chi connectivity index (χ0) is 18.4. The number of hydrogen-bond acceptors (Lipinski definition) is 4. The number of allylic oxidation sites excluding steroid dienone is 1. The quantitative estimate of drug-likeness (QED) is 0.661. The van der Waals surface area contributed by atoms with Crippen LogP contribution < -0.4 is 0 Å². The molecule has 1 aliphatic carbocycles. The lowest BCUT2D eigenvalue weighted by Crippen LogP contribution is -2.02. The summed E-state index contributed by atoms with van der Waals surface area (Å²) in [5, 5.41) is 30.9. The summed E-state index contributed by atoms with van der Waals surface area (Å²) < 4.78 is 14.0. The second-order valence-corrected chi connectivity index (χ2v) is 7.22. The van der Waals surface area contributed by atoms with Gasteiger partial charge in [0.2, 0.25) is 0 Å². The van der Waals surface area contributed by atoms with Gasteiger partial charge < -0.3 is 10.2 Å². The van der Waals surface area contributed by atoms with Gasteiger partial charge in [-0.2, -0.15) is 5.26 Å². The van der Waals surface area contributed by atoms with E-state index < -0.39 is 11.6 Å². The minimum atomic E-state index is -0.690. The SMILES string of the molecule is Cc1cc(O)cc2c1C=C(c1ccc(O)c(F)c1)C2c1sccc1C#N. The Hall–Kier alpha value is -3.10. The Bertz CT molecular complexity index is 1110. The third-order valence-corrected chi connectivity index (χ3v) is 5.67. The van der Waals surface area contributed by atoms with E-state index in [0.29, 0.717) is 11.1 Å². The van der Waals surface area contributed by atoms with Gasteiger partial charge in [0.15, 0.2) is 11.6 Å². The molecule has 0 aliphatic heterocycles. The highest BCUT2D eigenvalue weighted by Gasteiger charge is 2.32. The highest BCUT2D eigenvalue weighted by molar-refractivity contribution is 7.10. The number of fused-ring (bicyclic) bond motifs is 1. The topological polar surface area (TPSA) is 64.2 Å². The lowest BCUT2D eigenvalue weighted by atomic mass is 9.88. The van der Waals surface area contributed by atoms with Gasteiger partial charge in [0.25, 0.3) is 0 Å². The van der Waals surface area contributed by atoms with Crippen molar-refractivity contribution in [3.63, 3.8) is 0 Å². The number of benzene rings is 2. The molecular weight excluding hydrogens is 349 g/mol. The van der Waals surface area contributed by atoms with Crippen LogP contribution in [0, 0.1) is 24.1 Å². The van der Waals surface area contributed by atoms with Crippen molar-refractivity contribution < 1.29 is 14.6 Å². The van der Waals surface area contributed by atoms with Gasteiger partial charge in [0, 0.05) is 10.8 Å². The van der Waals surface area contributed by atoms with Crippen LogP contribution in [0.25, 0.3) is 11.6 Å². The summed E-state index contributed by atoms with van der Waals surface area (Å²) in [6.07, 6.45) is 1.97. The molecule has 1 unspecified atom stereocenters. The number of hydrogen-bond donors (Lipinski definition) is 2. The fourth-order valence-corrected chi connectivity index (χ4v) is 4.49. The molecule has 1 atom stereocenters. The Balaban J connectivity index is 1.97. The molecule has 0 saturated heterocycles. The maximum absolute atomic E-state index is 14.0. The van der Waals surface area contributed by atoms with Crippen molar-refractivity contribution in [1.29, 1.82) is 5.26 Å². The van der Waals surface area contributed by atoms with E-state index in [2.05, 4.69) is 6.07 Å². The van der Waals surface area contributed by atoms with Crippen LogP contribution in [0.4, 0.5) is 4.39 Å². The van der Waals surface area contributed by atoms with Gasteiger partial charge in [0.05, 0.1) is 5.56 Å². The number of phenols is 2. The Morgan fingerprint density at radius 1 is 1.15 bits per heavy atom. The van der Waals surface area contributed by atoms with Crippen LogP contribution >= 0.6 is 11.3 Å². The molecule has 0 radical (unpaired) electrons. The number of halogens is 1. The van der Waals surface area contributed by atoms with Gasteiger partial charge in [-0.1, -0.05) is 6.07 Å². The number of nitriles is 1. The summed E-state index contributed by atoms with van der Waals surface area (Å²) in [4.78, 5) is 0.857. The third-order valence-electron chi connectivity index (χ3n) is 4.68. The fraction of sp³-hybridized carbons (Fsp3) is 0.0952. The molecule has 0 bridgehead atoms. The first-order valence-electron chi connectivity index (χ1n) is 8.01. The van der Waals surface area contributed by atoms with Crippen LogP contribution in [0.15, 0.2) is 41.8 Å². The molecule has 26 heavy (non-hydrogen) atoms. The van der Waals surface area contributed by atoms with Crippen molar-refractivity contribution >= 4 is 23.0 Å². The minimum Gasteiger partial charge on any atom is -0.508 e. The van der Waals surface area contributed by atoms with Gasteiger partial charge in [0.1, 0.15) is 11.8 Å². The Morgan fingerprint density at radius 2 is 1.96 bits per heavy atom. The van der Waals surface area contributed by atoms with Crippen molar-refractivity contribution in [3.05, 3.63) is 80.3 Å². The van der Waals surface area contributed by atoms with Gasteiger partial charge in [-0.3, -0.25) is 0 Å². The predicted octanol–water partition coefficient (Wildman–Crippen LogP) is 5.16. The molecule has 0 fully saturated rings. The van der Waals surface area contributed by atoms with Crippen LogP contribution in [-0.2, 0) is 0 Å². The molecule has 5 heteroatoms. The molecule has 1 heterocycles. The van der Waals surface area contributed by atoms with Crippen molar-refractivity contribution in [1.82, 2.24) is 0 Å². The summed E-state index contributed by atoms with van der Waals surface area (Å²) in [6.45, 7) is 1.91. The molecule has 2 N–H and O–H groups in total. The number of nitrogens with zero attached hydrogens (tertiary/aromatic N) is 1. The summed E-state index contributed by atoms with van der Waals surface area (Å²) in [6, 6.07) is 11.7. The highest BCUT2D eigenvalue weighted by Crippen LogP contribution is 2.50. The number of aromatic hydroxyl groups is 2. The second kappa shape index (κ2) is 6.01. The maximum Gasteiger partial charge on any atom is 0.165 e. The summed E-state index contributed by atoms with van der Waals surface area (Å²) >= 11 is 1.46. The first-order valence-corrected chi connectivity index (χ1v) is 8.89. The van der Waals surface area contributed by atoms with Gasteiger partial charge >= 0.3 is 0 Å². The van der Waals surface area contributed by atoms with Gasteiger partial charge in [-0.15, -0.1) is 11.3 Å². The number of phenolic OH excluding ortho intramolecular Hbond substituents is 2. The van der Waals surface area contributed by atoms with E-state index >= 15 is 0 Å². The van der Waals surface area contributed by atoms with Crippen molar-refractivity contribution in [2.75, 3.05) is 0 Å². The molecule has 3 nitrogen and oxygen atoms in total. The molecule has 1 aromatic heterocycles. The smallest absolute Gasteiger partial charge is 0.165 e. The Kier molecular flexibility index (Phi) is 3.78. The van der Waals surface area contributed by atoms with Crippen LogP contribution in [0.5, 0.6) is 11.5 Å². The molecule has 3 aromatic rings. The molecule has 128 valence electrons. The second-order valence-electron chi connectivity index (χ2n) is 6.27. The molecular formula is C21H14FNO2S. The average Bonchev–Trinajstić information content (AvgIpc) is 3.21. The first kappa shape index (κ1) is 16.4. The van der Waals surface area contributed by atoms with Crippen molar-refractivity contribution in [2.24, 2.45) is 0 Å². The van der Waals surface area contributed by atoms with E-state index in [1.54, 1.807) is 24.3 Å². The molecule has 2 aromatic carbocycles. The summed E-state index contributed by atoms with van der Waals surface area (Å²) in [5.74, 6) is -1.20. The van der Waals surface area contributed by atoms with Crippen LogP contribution in [0.2, 0.25) is 0 Å². The third kappa shape index (κ3) is 2.47. The Morgan fingerprint density at radius 3 is 2.69 bits per heavy atom. The Labute approximate surface area is 153 Å². The maximum atomic E-state index is 14.0. The van der Waals surface area contributed by atoms with Crippen LogP contribution in [-0.4, -0.2) is 10.2 Å². The van der Waals surface area contributed by atoms with E-state index in [1.807, 2.05) is 18.4 Å². The molecule has 0 amide bonds. The molecule has 4 rings (SSSR count). The van der Waals surface area contributed by atoms with Gasteiger partial charge in [-0.25, -0.2) is 4.39 Å². The standard InChI is InChI=1S/C21H14FNO2S/c1-11-6-14(24)8-17-15(11)9-16(12-2-3-19(25)18(22)7-12)20(17)21-13(10-23)4-5-26-21/h2-9,20,24-25H,1H3. The summed E-state index contributed by atoms with van der Waals surface area (Å²) in [7, 11) is 0. The van der Waals surface area contributed by atoms with E-state index in [0.717, 1.165) is 27.1 Å². The molecule has 0 spiro atoms. The lowest BCUT2D eigenvalue weighted by Gasteiger charge is -2.17. The zero-order valence-electron chi connectivity index (χ0n) is 13.8. The number of aryl methyl sites for hydroxylation is 1. The first-order chi connectivity index (χ1) is 12.5. The van der Waals surface area contributed by atoms with Crippen LogP contribution in [0.3, 0.4) is 0 Å². The number of rotatable bonds is 2. The number of thiophene rings is 1. The van der Waals surface area contributed by atoms with Crippen molar-refractivity contribution in [3.8, 4) is 17.6 Å². The average molecular weight is 363 g/mol. The lowest BCUT2D eigenvalue weighted by molar-refractivity contribution is 0.432. The normalized spacial score (nSPS) is 15.4. The predicted molar refractivity (Wildman–Crippen MR) is 99.7 cm³/mol. The van der Waals surface area contributed by atoms with Crippen molar-refractivity contribution in [2.45, 2.75) is 12.8 Å². The van der Waals surface area contributed by atoms with Crippen LogP contribution in [0.1, 0.15) is 38.6 Å². The van der Waals surface area contributed by atoms with Gasteiger partial charge in [-0.05, 0) is 76.5 Å². The highest BCUT2D eigenvalue weighted by atomic mass is 32.1. The van der Waals surface area contributed by atoms with E-state index in [-0.39, 0.29) is 11.7 Å². The molecule has 1 aliphatic rings.